The molecule has 0 bridgehead atoms. The Morgan fingerprint density at radius 2 is 1.57 bits per heavy atom. The van der Waals surface area contributed by atoms with Gasteiger partial charge in [0.1, 0.15) is 0 Å². The Labute approximate surface area is 200 Å². The molecule has 4 rings (SSSR count). The zero-order chi connectivity index (χ0) is 25.5. The third-order valence-electron chi connectivity index (χ3n) is 7.13. The topological polar surface area (TPSA) is 33.3 Å². The minimum Gasteiger partial charge on any atom is -0.382 e. The lowest BCUT2D eigenvalue weighted by molar-refractivity contribution is -0.143. The number of benzene rings is 2. The van der Waals surface area contributed by atoms with Crippen LogP contribution >= 0.6 is 0 Å². The molecule has 3 nitrogen and oxygen atoms in total. The highest BCUT2D eigenvalue weighted by molar-refractivity contribution is 5.35. The first kappa shape index (κ1) is 25.6. The maximum atomic E-state index is 13.3. The molecule has 35 heavy (non-hydrogen) atoms. The summed E-state index contributed by atoms with van der Waals surface area (Å²) >= 11 is 0. The van der Waals surface area contributed by atoms with E-state index in [-0.39, 0.29) is 23.8 Å². The van der Waals surface area contributed by atoms with E-state index in [2.05, 4.69) is 17.2 Å². The Bertz CT molecular complexity index is 1020. The van der Waals surface area contributed by atoms with E-state index in [1.807, 2.05) is 30.3 Å². The minimum atomic E-state index is -4.90. The summed E-state index contributed by atoms with van der Waals surface area (Å²) in [4.78, 5) is 0. The van der Waals surface area contributed by atoms with E-state index in [9.17, 15) is 26.3 Å². The van der Waals surface area contributed by atoms with Gasteiger partial charge in [-0.2, -0.15) is 26.3 Å². The van der Waals surface area contributed by atoms with E-state index in [0.717, 1.165) is 42.7 Å². The zero-order valence-electron chi connectivity index (χ0n) is 19.3. The van der Waals surface area contributed by atoms with Gasteiger partial charge in [0.15, 0.2) is 0 Å². The van der Waals surface area contributed by atoms with E-state index in [0.29, 0.717) is 13.0 Å². The van der Waals surface area contributed by atoms with Gasteiger partial charge < -0.3 is 15.4 Å². The molecule has 9 heteroatoms. The average Bonchev–Trinajstić information content (AvgIpc) is 3.18. The van der Waals surface area contributed by atoms with Gasteiger partial charge in [0.05, 0.1) is 29.4 Å². The third-order valence-corrected chi connectivity index (χ3v) is 7.13. The van der Waals surface area contributed by atoms with Crippen molar-refractivity contribution < 1.29 is 31.1 Å². The molecule has 2 heterocycles. The van der Waals surface area contributed by atoms with Crippen LogP contribution in [0.25, 0.3) is 0 Å². The Hall–Kier alpha value is -2.52. The van der Waals surface area contributed by atoms with Crippen LogP contribution in [-0.2, 0) is 22.6 Å². The average molecular weight is 499 g/mol. The molecule has 0 aromatic heterocycles. The molecule has 2 aliphatic heterocycles. The SMILES string of the molecule is C=C1CC[C@]2(CC[C@@](CO[C@H](C)c3cc(C(F)(F)F)cc(C(F)(F)F)c3)(c3ccccc3)NC2)N1. The van der Waals surface area contributed by atoms with Crippen LogP contribution in [0.5, 0.6) is 0 Å². The van der Waals surface area contributed by atoms with E-state index in [4.69, 9.17) is 4.74 Å². The van der Waals surface area contributed by atoms with Gasteiger partial charge in [0.25, 0.3) is 0 Å². The summed E-state index contributed by atoms with van der Waals surface area (Å²) in [6.07, 6.45) is -7.44. The molecule has 3 atom stereocenters. The Morgan fingerprint density at radius 1 is 0.943 bits per heavy atom. The van der Waals surface area contributed by atoms with Crippen LogP contribution in [0.1, 0.15) is 61.0 Å². The van der Waals surface area contributed by atoms with Gasteiger partial charge in [-0.3, -0.25) is 0 Å². The number of alkyl halides is 6. The highest BCUT2D eigenvalue weighted by Crippen LogP contribution is 2.41. The summed E-state index contributed by atoms with van der Waals surface area (Å²) in [5.74, 6) is 0. The van der Waals surface area contributed by atoms with Crippen LogP contribution in [0, 0.1) is 0 Å². The van der Waals surface area contributed by atoms with Crippen molar-refractivity contribution in [2.45, 2.75) is 62.1 Å². The molecule has 2 aromatic carbocycles. The maximum absolute atomic E-state index is 13.3. The van der Waals surface area contributed by atoms with Crippen molar-refractivity contribution in [3.8, 4) is 0 Å². The molecule has 1 spiro atoms. The predicted octanol–water partition coefficient (Wildman–Crippen LogP) is 6.72. The number of hydrogen-bond acceptors (Lipinski definition) is 3. The minimum absolute atomic E-state index is 0.0901. The van der Waals surface area contributed by atoms with Gasteiger partial charge >= 0.3 is 12.4 Å². The standard InChI is InChI=1S/C26H28F6N2O/c1-17-8-9-23(34-17)10-11-24(33-15-23,20-6-4-3-5-7-20)16-35-18(2)19-12-21(25(27,28)29)14-22(13-19)26(30,31)32/h3-7,12-14,18,33-34H,1,8-11,15-16H2,2H3/t18-,23-,24-/m1/s1. The number of hydrogen-bond donors (Lipinski definition) is 2. The number of halogens is 6. The highest BCUT2D eigenvalue weighted by Gasteiger charge is 2.46. The quantitative estimate of drug-likeness (QED) is 0.449. The molecular formula is C26H28F6N2O. The first-order chi connectivity index (χ1) is 16.3. The number of rotatable bonds is 5. The van der Waals surface area contributed by atoms with Crippen LogP contribution in [0.2, 0.25) is 0 Å². The predicted molar refractivity (Wildman–Crippen MR) is 120 cm³/mol. The molecular weight excluding hydrogens is 470 g/mol. The molecule has 190 valence electrons. The van der Waals surface area contributed by atoms with Crippen molar-refractivity contribution in [2.75, 3.05) is 13.2 Å². The second kappa shape index (κ2) is 9.17. The van der Waals surface area contributed by atoms with Crippen molar-refractivity contribution in [3.05, 3.63) is 83.1 Å². The van der Waals surface area contributed by atoms with Crippen molar-refractivity contribution >= 4 is 0 Å². The number of allylic oxidation sites excluding steroid dienone is 1. The van der Waals surface area contributed by atoms with Gasteiger partial charge in [-0.1, -0.05) is 36.9 Å². The first-order valence-electron chi connectivity index (χ1n) is 11.5. The van der Waals surface area contributed by atoms with Gasteiger partial charge in [-0.25, -0.2) is 0 Å². The fourth-order valence-electron chi connectivity index (χ4n) is 4.97. The number of ether oxygens (including phenoxy) is 1. The van der Waals surface area contributed by atoms with E-state index in [1.54, 1.807) is 0 Å². The fourth-order valence-corrected chi connectivity index (χ4v) is 4.97. The van der Waals surface area contributed by atoms with Crippen LogP contribution in [0.3, 0.4) is 0 Å². The summed E-state index contributed by atoms with van der Waals surface area (Å²) < 4.78 is 85.8. The Balaban J connectivity index is 1.58. The van der Waals surface area contributed by atoms with E-state index in [1.165, 1.54) is 6.92 Å². The summed E-state index contributed by atoms with van der Waals surface area (Å²) in [6.45, 7) is 6.22. The molecule has 2 aromatic rings. The molecule has 0 radical (unpaired) electrons. The first-order valence-corrected chi connectivity index (χ1v) is 11.5. The fraction of sp³-hybridized carbons (Fsp3) is 0.462. The second-order valence-corrected chi connectivity index (χ2v) is 9.60. The molecule has 0 saturated carbocycles. The second-order valence-electron chi connectivity index (χ2n) is 9.60. The summed E-state index contributed by atoms with van der Waals surface area (Å²) in [7, 11) is 0. The van der Waals surface area contributed by atoms with Crippen LogP contribution in [0.15, 0.2) is 60.8 Å². The highest BCUT2D eigenvalue weighted by atomic mass is 19.4. The van der Waals surface area contributed by atoms with Crippen molar-refractivity contribution in [3.63, 3.8) is 0 Å². The molecule has 0 amide bonds. The van der Waals surface area contributed by atoms with Crippen LogP contribution < -0.4 is 10.6 Å². The van der Waals surface area contributed by atoms with Gasteiger partial charge in [0.2, 0.25) is 0 Å². The van der Waals surface area contributed by atoms with Crippen LogP contribution in [-0.4, -0.2) is 18.7 Å². The lowest BCUT2D eigenvalue weighted by atomic mass is 9.76. The normalized spacial score (nSPS) is 26.1. The Morgan fingerprint density at radius 3 is 2.06 bits per heavy atom. The molecule has 2 aliphatic rings. The third kappa shape index (κ3) is 5.51. The largest absolute Gasteiger partial charge is 0.416 e. The molecule has 0 unspecified atom stereocenters. The van der Waals surface area contributed by atoms with Gasteiger partial charge in [0, 0.05) is 17.8 Å². The lowest BCUT2D eigenvalue weighted by Crippen LogP contribution is -2.61. The molecule has 0 aliphatic carbocycles. The summed E-state index contributed by atoms with van der Waals surface area (Å²) in [5, 5.41) is 7.07. The number of piperidine rings is 1. The van der Waals surface area contributed by atoms with E-state index < -0.39 is 35.1 Å². The molecule has 2 fully saturated rings. The van der Waals surface area contributed by atoms with Crippen molar-refractivity contribution in [2.24, 2.45) is 0 Å². The van der Waals surface area contributed by atoms with Crippen LogP contribution in [0.4, 0.5) is 26.3 Å². The number of nitrogens with one attached hydrogen (secondary N) is 2. The van der Waals surface area contributed by atoms with Gasteiger partial charge in [-0.05, 0) is 61.9 Å². The van der Waals surface area contributed by atoms with Crippen molar-refractivity contribution in [1.29, 1.82) is 0 Å². The monoisotopic (exact) mass is 498 g/mol. The summed E-state index contributed by atoms with van der Waals surface area (Å²) in [5.41, 5.74) is -1.64. The summed E-state index contributed by atoms with van der Waals surface area (Å²) in [6, 6.07) is 11.2. The maximum Gasteiger partial charge on any atom is 0.416 e. The smallest absolute Gasteiger partial charge is 0.382 e. The molecule has 2 saturated heterocycles. The van der Waals surface area contributed by atoms with Crippen molar-refractivity contribution in [1.82, 2.24) is 10.6 Å². The lowest BCUT2D eigenvalue weighted by Gasteiger charge is -2.46. The zero-order valence-corrected chi connectivity index (χ0v) is 19.3. The Kier molecular flexibility index (Phi) is 6.70. The van der Waals surface area contributed by atoms with E-state index >= 15 is 0 Å². The molecule has 2 N–H and O–H groups in total. The van der Waals surface area contributed by atoms with Gasteiger partial charge in [-0.15, -0.1) is 0 Å².